The summed E-state index contributed by atoms with van der Waals surface area (Å²) in [6.07, 6.45) is 10.6. The Bertz CT molecular complexity index is 355. The summed E-state index contributed by atoms with van der Waals surface area (Å²) in [6, 6.07) is 0.420. The van der Waals surface area contributed by atoms with E-state index < -0.39 is 0 Å². The van der Waals surface area contributed by atoms with Gasteiger partial charge >= 0.3 is 0 Å². The molecule has 1 aromatic rings. The van der Waals surface area contributed by atoms with Crippen LogP contribution in [0.25, 0.3) is 0 Å². The van der Waals surface area contributed by atoms with E-state index in [2.05, 4.69) is 24.1 Å². The molecule has 1 N–H and O–H groups in total. The zero-order valence-electron chi connectivity index (χ0n) is 12.9. The number of ether oxygens (including phenoxy) is 1. The molecule has 1 atom stereocenters. The average Bonchev–Trinajstić information content (AvgIpc) is 2.97. The molecule has 0 radical (unpaired) electrons. The highest BCUT2D eigenvalue weighted by atomic mass is 32.1. The van der Waals surface area contributed by atoms with E-state index in [4.69, 9.17) is 4.74 Å². The predicted molar refractivity (Wildman–Crippen MR) is 85.3 cm³/mol. The van der Waals surface area contributed by atoms with E-state index in [9.17, 15) is 0 Å². The van der Waals surface area contributed by atoms with E-state index in [0.717, 1.165) is 19.6 Å². The van der Waals surface area contributed by atoms with Gasteiger partial charge < -0.3 is 10.1 Å². The van der Waals surface area contributed by atoms with Crippen LogP contribution in [0.2, 0.25) is 0 Å². The van der Waals surface area contributed by atoms with Crippen LogP contribution in [0.4, 0.5) is 0 Å². The van der Waals surface area contributed by atoms with Gasteiger partial charge in [0.05, 0.1) is 11.1 Å². The molecule has 2 rings (SSSR count). The van der Waals surface area contributed by atoms with Gasteiger partial charge in [-0.1, -0.05) is 26.2 Å². The van der Waals surface area contributed by atoms with Gasteiger partial charge in [0.2, 0.25) is 0 Å². The van der Waals surface area contributed by atoms with Crippen LogP contribution in [0, 0.1) is 0 Å². The van der Waals surface area contributed by atoms with Crippen LogP contribution >= 0.6 is 11.3 Å². The van der Waals surface area contributed by atoms with Crippen molar-refractivity contribution >= 4 is 11.3 Å². The molecule has 4 heteroatoms. The van der Waals surface area contributed by atoms with Crippen LogP contribution < -0.4 is 5.32 Å². The van der Waals surface area contributed by atoms with Crippen LogP contribution in [0.5, 0.6) is 0 Å². The Kier molecular flexibility index (Phi) is 6.46. The van der Waals surface area contributed by atoms with E-state index in [-0.39, 0.29) is 5.60 Å². The minimum Gasteiger partial charge on any atom is -0.374 e. The topological polar surface area (TPSA) is 34.2 Å². The van der Waals surface area contributed by atoms with Crippen molar-refractivity contribution in [1.82, 2.24) is 10.3 Å². The van der Waals surface area contributed by atoms with Crippen LogP contribution in [0.1, 0.15) is 57.2 Å². The minimum atomic E-state index is 0.0339. The highest BCUT2D eigenvalue weighted by Crippen LogP contribution is 2.36. The molecule has 0 aliphatic heterocycles. The first-order valence-electron chi connectivity index (χ1n) is 8.05. The Morgan fingerprint density at radius 1 is 1.35 bits per heavy atom. The largest absolute Gasteiger partial charge is 0.374 e. The molecule has 0 aromatic carbocycles. The number of thiazole rings is 1. The minimum absolute atomic E-state index is 0.0339. The fourth-order valence-electron chi connectivity index (χ4n) is 3.34. The van der Waals surface area contributed by atoms with Gasteiger partial charge in [-0.25, -0.2) is 0 Å². The monoisotopic (exact) mass is 296 g/mol. The number of hydrogen-bond acceptors (Lipinski definition) is 4. The molecule has 0 bridgehead atoms. The van der Waals surface area contributed by atoms with Crippen molar-refractivity contribution in [2.24, 2.45) is 0 Å². The summed E-state index contributed by atoms with van der Waals surface area (Å²) in [5, 5.41) is 3.76. The third-order valence-electron chi connectivity index (χ3n) is 4.30. The maximum Gasteiger partial charge on any atom is 0.0838 e. The van der Waals surface area contributed by atoms with Crippen molar-refractivity contribution in [3.8, 4) is 0 Å². The number of nitrogens with one attached hydrogen (secondary N) is 1. The highest BCUT2D eigenvalue weighted by Gasteiger charge is 2.40. The summed E-state index contributed by atoms with van der Waals surface area (Å²) < 4.78 is 6.30. The molecule has 1 fully saturated rings. The third-order valence-corrected chi connectivity index (χ3v) is 5.10. The van der Waals surface area contributed by atoms with Crippen molar-refractivity contribution in [3.63, 3.8) is 0 Å². The van der Waals surface area contributed by atoms with E-state index in [1.54, 1.807) is 11.3 Å². The van der Waals surface area contributed by atoms with Gasteiger partial charge in [0.1, 0.15) is 0 Å². The Balaban J connectivity index is 2.12. The molecular formula is C16H28N2OS. The molecule has 1 aliphatic carbocycles. The predicted octanol–water partition coefficient (Wildman–Crippen LogP) is 3.79. The number of hydrogen-bond donors (Lipinski definition) is 1. The highest BCUT2D eigenvalue weighted by molar-refractivity contribution is 7.09. The molecule has 0 amide bonds. The normalized spacial score (nSPS) is 19.9. The second-order valence-electron chi connectivity index (χ2n) is 5.74. The zero-order valence-corrected chi connectivity index (χ0v) is 13.7. The maximum atomic E-state index is 6.30. The Labute approximate surface area is 127 Å². The molecule has 1 heterocycles. The average molecular weight is 296 g/mol. The lowest BCUT2D eigenvalue weighted by atomic mass is 9.77. The van der Waals surface area contributed by atoms with Crippen LogP contribution in [-0.4, -0.2) is 29.8 Å². The second-order valence-corrected chi connectivity index (χ2v) is 6.71. The molecule has 20 heavy (non-hydrogen) atoms. The van der Waals surface area contributed by atoms with E-state index in [1.165, 1.54) is 43.4 Å². The van der Waals surface area contributed by atoms with Crippen molar-refractivity contribution < 1.29 is 4.74 Å². The fourth-order valence-corrected chi connectivity index (χ4v) is 3.98. The van der Waals surface area contributed by atoms with E-state index in [1.807, 2.05) is 11.7 Å². The standard InChI is InChI=1S/C16H28N2OS/c1-3-10-18-15(11-14-12-17-13-20-14)16(19-4-2)8-6-5-7-9-16/h12-13,15,18H,3-11H2,1-2H3. The number of aromatic nitrogens is 1. The Morgan fingerprint density at radius 3 is 2.75 bits per heavy atom. The summed E-state index contributed by atoms with van der Waals surface area (Å²) in [5.74, 6) is 0. The van der Waals surface area contributed by atoms with Crippen LogP contribution in [-0.2, 0) is 11.2 Å². The van der Waals surface area contributed by atoms with Crippen molar-refractivity contribution in [1.29, 1.82) is 0 Å². The van der Waals surface area contributed by atoms with Crippen molar-refractivity contribution in [2.75, 3.05) is 13.2 Å². The van der Waals surface area contributed by atoms with E-state index in [0.29, 0.717) is 6.04 Å². The van der Waals surface area contributed by atoms with Gasteiger partial charge in [-0.3, -0.25) is 4.98 Å². The first kappa shape index (κ1) is 15.9. The summed E-state index contributed by atoms with van der Waals surface area (Å²) in [7, 11) is 0. The lowest BCUT2D eigenvalue weighted by Crippen LogP contribution is -2.55. The molecule has 1 aliphatic rings. The summed E-state index contributed by atoms with van der Waals surface area (Å²) >= 11 is 1.76. The first-order chi connectivity index (χ1) is 9.80. The molecule has 1 aromatic heterocycles. The smallest absolute Gasteiger partial charge is 0.0838 e. The van der Waals surface area contributed by atoms with Gasteiger partial charge in [0.25, 0.3) is 0 Å². The molecule has 114 valence electrons. The second kappa shape index (κ2) is 8.11. The molecular weight excluding hydrogens is 268 g/mol. The summed E-state index contributed by atoms with van der Waals surface area (Å²) in [5.41, 5.74) is 1.96. The zero-order chi connectivity index (χ0) is 14.3. The van der Waals surface area contributed by atoms with Gasteiger partial charge in [-0.05, 0) is 32.7 Å². The molecule has 0 saturated heterocycles. The summed E-state index contributed by atoms with van der Waals surface area (Å²) in [4.78, 5) is 5.58. The maximum absolute atomic E-state index is 6.30. The summed E-state index contributed by atoms with van der Waals surface area (Å²) in [6.45, 7) is 6.23. The van der Waals surface area contributed by atoms with Gasteiger partial charge in [0, 0.05) is 30.1 Å². The van der Waals surface area contributed by atoms with Gasteiger partial charge in [-0.15, -0.1) is 11.3 Å². The van der Waals surface area contributed by atoms with Crippen molar-refractivity contribution in [2.45, 2.75) is 70.4 Å². The first-order valence-corrected chi connectivity index (χ1v) is 8.93. The molecule has 1 saturated carbocycles. The molecule has 1 unspecified atom stereocenters. The molecule has 3 nitrogen and oxygen atoms in total. The fraction of sp³-hybridized carbons (Fsp3) is 0.812. The number of rotatable bonds is 8. The number of nitrogens with zero attached hydrogens (tertiary/aromatic N) is 1. The lowest BCUT2D eigenvalue weighted by Gasteiger charge is -2.43. The third kappa shape index (κ3) is 4.03. The molecule has 0 spiro atoms. The SMILES string of the molecule is CCCNC(Cc1cncs1)C1(OCC)CCCCC1. The quantitative estimate of drug-likeness (QED) is 0.792. The van der Waals surface area contributed by atoms with Crippen LogP contribution in [0.3, 0.4) is 0 Å². The van der Waals surface area contributed by atoms with Gasteiger partial charge in [-0.2, -0.15) is 0 Å². The van der Waals surface area contributed by atoms with Gasteiger partial charge in [0.15, 0.2) is 0 Å². The lowest BCUT2D eigenvalue weighted by molar-refractivity contribution is -0.0895. The van der Waals surface area contributed by atoms with Crippen LogP contribution in [0.15, 0.2) is 11.7 Å². The van der Waals surface area contributed by atoms with Crippen molar-refractivity contribution in [3.05, 3.63) is 16.6 Å². The van der Waals surface area contributed by atoms with E-state index >= 15 is 0 Å². The Morgan fingerprint density at radius 2 is 2.15 bits per heavy atom. The Hall–Kier alpha value is -0.450.